The second-order valence-corrected chi connectivity index (χ2v) is 10.3. The number of nitrogens with zero attached hydrogens (tertiary/aromatic N) is 3. The van der Waals surface area contributed by atoms with Gasteiger partial charge in [0.05, 0.1) is 6.54 Å². The summed E-state index contributed by atoms with van der Waals surface area (Å²) in [6.45, 7) is 16.4. The van der Waals surface area contributed by atoms with Gasteiger partial charge >= 0.3 is 6.03 Å². The molecule has 0 aromatic heterocycles. The Balaban J connectivity index is 1.68. The third-order valence-corrected chi connectivity index (χ3v) is 7.21. The van der Waals surface area contributed by atoms with Crippen molar-refractivity contribution in [1.29, 1.82) is 0 Å². The van der Waals surface area contributed by atoms with Crippen LogP contribution in [0.5, 0.6) is 0 Å². The van der Waals surface area contributed by atoms with Crippen LogP contribution in [0, 0.1) is 5.92 Å². The molecule has 1 N–H and O–H groups in total. The Morgan fingerprint density at radius 3 is 2.60 bits per heavy atom. The van der Waals surface area contributed by atoms with Crippen LogP contribution in [0.2, 0.25) is 0 Å². The van der Waals surface area contributed by atoms with Crippen LogP contribution in [0.1, 0.15) is 58.4 Å². The zero-order chi connectivity index (χ0) is 25.1. The van der Waals surface area contributed by atoms with Crippen LogP contribution in [0.15, 0.2) is 78.2 Å². The second kappa shape index (κ2) is 10.7. The minimum atomic E-state index is -0.177. The van der Waals surface area contributed by atoms with Crippen LogP contribution < -0.4 is 5.43 Å². The lowest BCUT2D eigenvalue weighted by molar-refractivity contribution is 0.104. The topological polar surface area (TPSA) is 38.8 Å². The summed E-state index contributed by atoms with van der Waals surface area (Å²) >= 11 is 0. The first kappa shape index (κ1) is 25.1. The van der Waals surface area contributed by atoms with Gasteiger partial charge in [-0.3, -0.25) is 4.90 Å². The number of hydrazine groups is 1. The lowest BCUT2D eigenvalue weighted by Gasteiger charge is -2.41. The fourth-order valence-corrected chi connectivity index (χ4v) is 5.17. The summed E-state index contributed by atoms with van der Waals surface area (Å²) in [6, 6.07) is 15.0. The van der Waals surface area contributed by atoms with Gasteiger partial charge in [0, 0.05) is 30.6 Å². The zero-order valence-corrected chi connectivity index (χ0v) is 21.8. The molecule has 186 valence electrons. The van der Waals surface area contributed by atoms with E-state index >= 15 is 0 Å². The van der Waals surface area contributed by atoms with Crippen molar-refractivity contribution in [3.63, 3.8) is 0 Å². The standard InChI is InChI=1S/C30H40N4O/c1-7-22(4)13-8-11-18-27-28-23(5)32(6)30(35)33(19-21(2)3)29(28)31-34(27)20-25-16-12-15-24-14-9-10-17-26(24)25/h9-10,12,14-17,21,29,31H,4-5,7-8,11,13,18-20H2,1-3,6H3. The molecule has 0 aliphatic carbocycles. The van der Waals surface area contributed by atoms with E-state index in [9.17, 15) is 4.79 Å². The average molecular weight is 473 g/mol. The maximum Gasteiger partial charge on any atom is 0.325 e. The Hall–Kier alpha value is -3.05. The number of nitrogens with one attached hydrogen (secondary N) is 1. The third-order valence-electron chi connectivity index (χ3n) is 7.21. The number of benzene rings is 2. The quantitative estimate of drug-likeness (QED) is 0.305. The summed E-state index contributed by atoms with van der Waals surface area (Å²) in [4.78, 5) is 16.9. The summed E-state index contributed by atoms with van der Waals surface area (Å²) in [5.41, 5.74) is 9.51. The Kier molecular flexibility index (Phi) is 7.66. The van der Waals surface area contributed by atoms with E-state index in [4.69, 9.17) is 0 Å². The summed E-state index contributed by atoms with van der Waals surface area (Å²) in [6.07, 6.45) is 5.07. The maximum absolute atomic E-state index is 13.2. The van der Waals surface area contributed by atoms with Crippen LogP contribution in [0.3, 0.4) is 0 Å². The molecular weight excluding hydrogens is 432 g/mol. The first-order chi connectivity index (χ1) is 16.8. The molecule has 5 nitrogen and oxygen atoms in total. The number of hydrogen-bond acceptors (Lipinski definition) is 3. The lowest BCUT2D eigenvalue weighted by Crippen LogP contribution is -2.58. The van der Waals surface area contributed by atoms with Crippen molar-refractivity contribution in [2.24, 2.45) is 5.92 Å². The lowest BCUT2D eigenvalue weighted by atomic mass is 9.99. The van der Waals surface area contributed by atoms with Gasteiger partial charge in [0.1, 0.15) is 6.17 Å². The van der Waals surface area contributed by atoms with Gasteiger partial charge in [-0.15, -0.1) is 0 Å². The summed E-state index contributed by atoms with van der Waals surface area (Å²) in [7, 11) is 1.84. The molecule has 1 unspecified atom stereocenters. The molecule has 1 atom stereocenters. The van der Waals surface area contributed by atoms with E-state index < -0.39 is 0 Å². The number of allylic oxidation sites excluding steroid dienone is 2. The molecule has 0 saturated carbocycles. The van der Waals surface area contributed by atoms with Crippen molar-refractivity contribution in [2.75, 3.05) is 13.6 Å². The minimum absolute atomic E-state index is 0.00977. The van der Waals surface area contributed by atoms with Crippen molar-refractivity contribution in [1.82, 2.24) is 20.2 Å². The molecule has 0 radical (unpaired) electrons. The zero-order valence-electron chi connectivity index (χ0n) is 21.8. The van der Waals surface area contributed by atoms with Crippen molar-refractivity contribution in [3.8, 4) is 0 Å². The molecule has 2 aromatic carbocycles. The van der Waals surface area contributed by atoms with Crippen LogP contribution in [0.4, 0.5) is 4.79 Å². The minimum Gasteiger partial charge on any atom is -0.305 e. The van der Waals surface area contributed by atoms with Crippen molar-refractivity contribution in [3.05, 3.63) is 83.7 Å². The molecule has 2 heterocycles. The molecule has 2 aromatic rings. The van der Waals surface area contributed by atoms with E-state index in [0.717, 1.165) is 49.9 Å². The normalized spacial score (nSPS) is 18.3. The number of fused-ring (bicyclic) bond motifs is 2. The van der Waals surface area contributed by atoms with E-state index in [1.165, 1.54) is 27.6 Å². The fraction of sp³-hybridized carbons (Fsp3) is 0.433. The molecule has 2 aliphatic rings. The van der Waals surface area contributed by atoms with Crippen LogP contribution in [-0.4, -0.2) is 40.6 Å². The van der Waals surface area contributed by atoms with E-state index in [-0.39, 0.29) is 12.2 Å². The van der Waals surface area contributed by atoms with E-state index in [1.807, 2.05) is 11.9 Å². The van der Waals surface area contributed by atoms with Gasteiger partial charge in [0.25, 0.3) is 0 Å². The number of carbonyl (C=O) groups is 1. The highest BCUT2D eigenvalue weighted by atomic mass is 16.2. The highest BCUT2D eigenvalue weighted by molar-refractivity contribution is 5.85. The Bertz CT molecular complexity index is 1140. The largest absolute Gasteiger partial charge is 0.325 e. The molecular formula is C30H40N4O. The molecule has 5 heteroatoms. The average Bonchev–Trinajstić information content (AvgIpc) is 3.20. The molecule has 1 fully saturated rings. The maximum atomic E-state index is 13.2. The summed E-state index contributed by atoms with van der Waals surface area (Å²) in [5.74, 6) is 0.373. The van der Waals surface area contributed by atoms with Crippen molar-refractivity contribution in [2.45, 2.75) is 65.6 Å². The molecule has 0 spiro atoms. The van der Waals surface area contributed by atoms with Crippen LogP contribution >= 0.6 is 0 Å². The Morgan fingerprint density at radius 1 is 1.11 bits per heavy atom. The molecule has 1 saturated heterocycles. The van der Waals surface area contributed by atoms with Gasteiger partial charge in [-0.25, -0.2) is 10.2 Å². The van der Waals surface area contributed by atoms with Crippen molar-refractivity contribution >= 4 is 16.8 Å². The molecule has 35 heavy (non-hydrogen) atoms. The van der Waals surface area contributed by atoms with Crippen LogP contribution in [0.25, 0.3) is 10.8 Å². The fourth-order valence-electron chi connectivity index (χ4n) is 5.17. The third kappa shape index (κ3) is 5.15. The second-order valence-electron chi connectivity index (χ2n) is 10.3. The van der Waals surface area contributed by atoms with Gasteiger partial charge in [0.2, 0.25) is 0 Å². The Morgan fingerprint density at radius 2 is 1.86 bits per heavy atom. The number of hydrogen-bond donors (Lipinski definition) is 1. The van der Waals surface area contributed by atoms with Gasteiger partial charge in [0.15, 0.2) is 0 Å². The summed E-state index contributed by atoms with van der Waals surface area (Å²) in [5, 5.41) is 4.79. The monoisotopic (exact) mass is 472 g/mol. The molecule has 2 amide bonds. The summed E-state index contributed by atoms with van der Waals surface area (Å²) < 4.78 is 0. The molecule has 4 rings (SSSR count). The van der Waals surface area contributed by atoms with Crippen LogP contribution in [-0.2, 0) is 6.54 Å². The van der Waals surface area contributed by atoms with Crippen molar-refractivity contribution < 1.29 is 4.79 Å². The highest BCUT2D eigenvalue weighted by Crippen LogP contribution is 2.38. The smallest absolute Gasteiger partial charge is 0.305 e. The van der Waals surface area contributed by atoms with E-state index in [0.29, 0.717) is 12.5 Å². The number of rotatable bonds is 10. The van der Waals surface area contributed by atoms with Gasteiger partial charge in [-0.1, -0.05) is 82.0 Å². The predicted octanol–water partition coefficient (Wildman–Crippen LogP) is 6.80. The molecule has 0 bridgehead atoms. The van der Waals surface area contributed by atoms with E-state index in [2.05, 4.69) is 86.8 Å². The van der Waals surface area contributed by atoms with E-state index in [1.54, 1.807) is 4.90 Å². The first-order valence-electron chi connectivity index (χ1n) is 13.0. The Labute approximate surface area is 210 Å². The SMILES string of the molecule is C=C(CC)CCCCC1=C2C(=C)N(C)C(=O)N(CC(C)C)C2NN1Cc1cccc2ccccc12. The number of likely N-dealkylation sites (N-methyl/N-ethyl adjacent to an activating group) is 1. The van der Waals surface area contributed by atoms with Gasteiger partial charge in [-0.2, -0.15) is 0 Å². The number of unbranched alkanes of at least 4 members (excludes halogenated alkanes) is 1. The molecule has 2 aliphatic heterocycles. The number of carbonyl (C=O) groups excluding carboxylic acids is 1. The van der Waals surface area contributed by atoms with Gasteiger partial charge < -0.3 is 9.91 Å². The number of amides is 2. The number of urea groups is 1. The van der Waals surface area contributed by atoms with Gasteiger partial charge in [-0.05, 0) is 54.4 Å². The first-order valence-corrected chi connectivity index (χ1v) is 13.0. The highest BCUT2D eigenvalue weighted by Gasteiger charge is 2.44. The predicted molar refractivity (Wildman–Crippen MR) is 145 cm³/mol.